The molecule has 0 aliphatic carbocycles. The largest absolute Gasteiger partial charge is 0.356 e. The number of amides is 1. The highest BCUT2D eigenvalue weighted by molar-refractivity contribution is 5.75. The van der Waals surface area contributed by atoms with Crippen molar-refractivity contribution >= 4 is 5.91 Å². The van der Waals surface area contributed by atoms with Crippen LogP contribution in [0.4, 0.5) is 0 Å². The van der Waals surface area contributed by atoms with Crippen molar-refractivity contribution in [2.24, 2.45) is 7.05 Å². The fourth-order valence-electron chi connectivity index (χ4n) is 1.68. The van der Waals surface area contributed by atoms with Gasteiger partial charge in [-0.2, -0.15) is 0 Å². The summed E-state index contributed by atoms with van der Waals surface area (Å²) in [5, 5.41) is 6.21. The molecule has 18 heavy (non-hydrogen) atoms. The average Bonchev–Trinajstić information content (AvgIpc) is 2.70. The van der Waals surface area contributed by atoms with Crippen LogP contribution in [-0.4, -0.2) is 34.6 Å². The molecule has 0 atom stereocenters. The fourth-order valence-corrected chi connectivity index (χ4v) is 1.68. The lowest BCUT2D eigenvalue weighted by atomic mass is 10.2. The van der Waals surface area contributed by atoms with Gasteiger partial charge >= 0.3 is 0 Å². The summed E-state index contributed by atoms with van der Waals surface area (Å²) >= 11 is 0. The van der Waals surface area contributed by atoms with Gasteiger partial charge in [0.25, 0.3) is 0 Å². The summed E-state index contributed by atoms with van der Waals surface area (Å²) in [5.41, 5.74) is 0. The van der Waals surface area contributed by atoms with Crippen molar-refractivity contribution in [2.45, 2.75) is 39.2 Å². The van der Waals surface area contributed by atoms with E-state index in [2.05, 4.69) is 29.5 Å². The number of carbonyl (C=O) groups is 1. The third kappa shape index (κ3) is 5.82. The Morgan fingerprint density at radius 3 is 2.83 bits per heavy atom. The molecule has 2 N–H and O–H groups in total. The van der Waals surface area contributed by atoms with Crippen LogP contribution in [0.5, 0.6) is 0 Å². The molecule has 5 nitrogen and oxygen atoms in total. The Labute approximate surface area is 109 Å². The van der Waals surface area contributed by atoms with E-state index in [1.807, 2.05) is 17.8 Å². The molecule has 1 rings (SSSR count). The molecule has 0 radical (unpaired) electrons. The number of hydrogen-bond acceptors (Lipinski definition) is 3. The number of aryl methyl sites for hydroxylation is 1. The summed E-state index contributed by atoms with van der Waals surface area (Å²) in [4.78, 5) is 15.7. The van der Waals surface area contributed by atoms with Crippen molar-refractivity contribution < 1.29 is 4.79 Å². The van der Waals surface area contributed by atoms with Gasteiger partial charge in [-0.3, -0.25) is 4.79 Å². The summed E-state index contributed by atoms with van der Waals surface area (Å²) in [6, 6.07) is 0.483. The van der Waals surface area contributed by atoms with E-state index in [9.17, 15) is 4.79 Å². The van der Waals surface area contributed by atoms with Crippen LogP contribution in [0.15, 0.2) is 12.4 Å². The average molecular weight is 252 g/mol. The molecular formula is C13H24N4O. The van der Waals surface area contributed by atoms with Gasteiger partial charge in [0.1, 0.15) is 5.82 Å². The molecule has 0 aliphatic rings. The molecule has 0 spiro atoms. The lowest BCUT2D eigenvalue weighted by Gasteiger charge is -2.08. The van der Waals surface area contributed by atoms with Crippen LogP contribution in [0.2, 0.25) is 0 Å². The zero-order valence-corrected chi connectivity index (χ0v) is 11.6. The molecule has 1 amide bonds. The van der Waals surface area contributed by atoms with Crippen LogP contribution >= 0.6 is 0 Å². The van der Waals surface area contributed by atoms with E-state index in [-0.39, 0.29) is 5.91 Å². The van der Waals surface area contributed by atoms with Gasteiger partial charge in [0.2, 0.25) is 5.91 Å². The molecule has 1 heterocycles. The van der Waals surface area contributed by atoms with Gasteiger partial charge in [-0.25, -0.2) is 4.98 Å². The second-order valence-electron chi connectivity index (χ2n) is 4.77. The first kappa shape index (κ1) is 14.7. The Kier molecular flexibility index (Phi) is 6.43. The van der Waals surface area contributed by atoms with Gasteiger partial charge in [0.05, 0.1) is 0 Å². The molecule has 0 fully saturated rings. The minimum Gasteiger partial charge on any atom is -0.356 e. The van der Waals surface area contributed by atoms with Gasteiger partial charge < -0.3 is 15.2 Å². The van der Waals surface area contributed by atoms with E-state index in [4.69, 9.17) is 0 Å². The van der Waals surface area contributed by atoms with Crippen molar-refractivity contribution in [2.75, 3.05) is 13.1 Å². The van der Waals surface area contributed by atoms with Crippen LogP contribution in [0, 0.1) is 0 Å². The molecule has 0 saturated heterocycles. The molecule has 1 aromatic heterocycles. The zero-order chi connectivity index (χ0) is 13.4. The zero-order valence-electron chi connectivity index (χ0n) is 11.6. The van der Waals surface area contributed by atoms with Crippen LogP contribution in [0.3, 0.4) is 0 Å². The van der Waals surface area contributed by atoms with Gasteiger partial charge in [-0.05, 0) is 13.0 Å². The van der Waals surface area contributed by atoms with Crippen LogP contribution in [0.25, 0.3) is 0 Å². The predicted molar refractivity (Wildman–Crippen MR) is 72.3 cm³/mol. The third-order valence-electron chi connectivity index (χ3n) is 2.72. The van der Waals surface area contributed by atoms with E-state index in [1.54, 1.807) is 6.20 Å². The Hall–Kier alpha value is -1.36. The van der Waals surface area contributed by atoms with E-state index in [0.717, 1.165) is 25.2 Å². The first-order valence-electron chi connectivity index (χ1n) is 6.56. The second-order valence-corrected chi connectivity index (χ2v) is 4.77. The van der Waals surface area contributed by atoms with Gasteiger partial charge in [0.15, 0.2) is 0 Å². The maximum atomic E-state index is 11.5. The summed E-state index contributed by atoms with van der Waals surface area (Å²) in [5.74, 6) is 1.12. The normalized spacial score (nSPS) is 10.9. The van der Waals surface area contributed by atoms with Crippen molar-refractivity contribution in [1.29, 1.82) is 0 Å². The van der Waals surface area contributed by atoms with E-state index < -0.39 is 0 Å². The Balaban J connectivity index is 2.05. The molecule has 1 aromatic rings. The predicted octanol–water partition coefficient (Wildman–Crippen LogP) is 0.857. The van der Waals surface area contributed by atoms with Crippen LogP contribution < -0.4 is 10.6 Å². The lowest BCUT2D eigenvalue weighted by molar-refractivity contribution is -0.121. The van der Waals surface area contributed by atoms with Crippen LogP contribution in [-0.2, 0) is 18.3 Å². The summed E-state index contributed by atoms with van der Waals surface area (Å²) in [6.07, 6.45) is 5.93. The minimum absolute atomic E-state index is 0.120. The number of carbonyl (C=O) groups excluding carboxylic acids is 1. The SMILES string of the molecule is CC(C)NCCCC(=O)NCCc1nccn1C. The lowest BCUT2D eigenvalue weighted by Crippen LogP contribution is -2.28. The minimum atomic E-state index is 0.120. The number of imidazole rings is 1. The summed E-state index contributed by atoms with van der Waals surface area (Å²) in [7, 11) is 1.96. The van der Waals surface area contributed by atoms with Gasteiger partial charge in [0, 0.05) is 44.9 Å². The smallest absolute Gasteiger partial charge is 0.220 e. The first-order chi connectivity index (χ1) is 8.59. The molecule has 0 unspecified atom stereocenters. The number of nitrogens with one attached hydrogen (secondary N) is 2. The summed E-state index contributed by atoms with van der Waals surface area (Å²) < 4.78 is 1.97. The molecule has 0 saturated carbocycles. The topological polar surface area (TPSA) is 59.0 Å². The van der Waals surface area contributed by atoms with E-state index in [0.29, 0.717) is 19.0 Å². The standard InChI is InChI=1S/C13H24N4O/c1-11(2)14-7-4-5-13(18)16-8-6-12-15-9-10-17(12)3/h9-11,14H,4-8H2,1-3H3,(H,16,18). The Morgan fingerprint density at radius 1 is 1.44 bits per heavy atom. The number of nitrogens with zero attached hydrogens (tertiary/aromatic N) is 2. The van der Waals surface area contributed by atoms with E-state index >= 15 is 0 Å². The van der Waals surface area contributed by atoms with Crippen molar-refractivity contribution in [3.05, 3.63) is 18.2 Å². The quantitative estimate of drug-likeness (QED) is 0.675. The first-order valence-corrected chi connectivity index (χ1v) is 6.56. The highest BCUT2D eigenvalue weighted by atomic mass is 16.1. The molecule has 0 aromatic carbocycles. The van der Waals surface area contributed by atoms with Gasteiger partial charge in [-0.15, -0.1) is 0 Å². The van der Waals surface area contributed by atoms with Crippen molar-refractivity contribution in [1.82, 2.24) is 20.2 Å². The highest BCUT2D eigenvalue weighted by Crippen LogP contribution is 1.94. The number of hydrogen-bond donors (Lipinski definition) is 2. The Bertz CT molecular complexity index is 360. The molecule has 5 heteroatoms. The number of rotatable bonds is 8. The van der Waals surface area contributed by atoms with E-state index in [1.165, 1.54) is 0 Å². The fraction of sp³-hybridized carbons (Fsp3) is 0.692. The maximum absolute atomic E-state index is 11.5. The van der Waals surface area contributed by atoms with Gasteiger partial charge in [-0.1, -0.05) is 13.8 Å². The van der Waals surface area contributed by atoms with Crippen LogP contribution in [0.1, 0.15) is 32.5 Å². The monoisotopic (exact) mass is 252 g/mol. The molecule has 0 aliphatic heterocycles. The molecule has 0 bridgehead atoms. The maximum Gasteiger partial charge on any atom is 0.220 e. The highest BCUT2D eigenvalue weighted by Gasteiger charge is 2.03. The summed E-state index contributed by atoms with van der Waals surface area (Å²) in [6.45, 7) is 5.76. The Morgan fingerprint density at radius 2 is 2.22 bits per heavy atom. The molecular weight excluding hydrogens is 228 g/mol. The molecule has 102 valence electrons. The second kappa shape index (κ2) is 7.87. The van der Waals surface area contributed by atoms with Crippen molar-refractivity contribution in [3.63, 3.8) is 0 Å². The number of aromatic nitrogens is 2. The third-order valence-corrected chi connectivity index (χ3v) is 2.72. The van der Waals surface area contributed by atoms with Crippen molar-refractivity contribution in [3.8, 4) is 0 Å².